The number of hydrogen-bond acceptors (Lipinski definition) is 2. The SMILES string of the molecule is COCCCCN=C(N)NC(C)C. The molecule has 0 atom stereocenters. The Labute approximate surface area is 80.6 Å². The molecule has 3 N–H and O–H groups in total. The largest absolute Gasteiger partial charge is 0.385 e. The number of nitrogens with one attached hydrogen (secondary N) is 1. The Morgan fingerprint density at radius 3 is 2.69 bits per heavy atom. The monoisotopic (exact) mass is 187 g/mol. The molecular formula is C9H21N3O. The molecular weight excluding hydrogens is 166 g/mol. The third kappa shape index (κ3) is 9.14. The number of ether oxygens (including phenoxy) is 1. The molecule has 0 aromatic heterocycles. The Bertz CT molecular complexity index is 146. The van der Waals surface area contributed by atoms with E-state index in [2.05, 4.69) is 10.3 Å². The van der Waals surface area contributed by atoms with Crippen LogP contribution in [0.5, 0.6) is 0 Å². The highest BCUT2D eigenvalue weighted by molar-refractivity contribution is 5.77. The molecule has 0 saturated heterocycles. The van der Waals surface area contributed by atoms with E-state index >= 15 is 0 Å². The summed E-state index contributed by atoms with van der Waals surface area (Å²) in [6.07, 6.45) is 2.06. The fourth-order valence-corrected chi connectivity index (χ4v) is 0.899. The minimum Gasteiger partial charge on any atom is -0.385 e. The van der Waals surface area contributed by atoms with E-state index in [4.69, 9.17) is 10.5 Å². The summed E-state index contributed by atoms with van der Waals surface area (Å²) in [6.45, 7) is 5.64. The third-order valence-electron chi connectivity index (χ3n) is 1.48. The zero-order chi connectivity index (χ0) is 10.1. The van der Waals surface area contributed by atoms with Crippen LogP contribution in [-0.4, -0.2) is 32.3 Å². The smallest absolute Gasteiger partial charge is 0.188 e. The Morgan fingerprint density at radius 1 is 1.46 bits per heavy atom. The number of hydrogen-bond donors (Lipinski definition) is 2. The maximum atomic E-state index is 5.60. The summed E-state index contributed by atoms with van der Waals surface area (Å²) in [7, 11) is 1.71. The highest BCUT2D eigenvalue weighted by Gasteiger charge is 1.93. The number of methoxy groups -OCH3 is 1. The number of rotatable bonds is 6. The predicted octanol–water partition coefficient (Wildman–Crippen LogP) is 0.726. The average Bonchev–Trinajstić information content (AvgIpc) is 2.02. The first-order valence-electron chi connectivity index (χ1n) is 4.72. The van der Waals surface area contributed by atoms with Gasteiger partial charge in [0, 0.05) is 26.3 Å². The van der Waals surface area contributed by atoms with E-state index in [1.165, 1.54) is 0 Å². The molecule has 78 valence electrons. The van der Waals surface area contributed by atoms with E-state index in [0.29, 0.717) is 12.0 Å². The lowest BCUT2D eigenvalue weighted by Gasteiger charge is -2.08. The highest BCUT2D eigenvalue weighted by Crippen LogP contribution is 1.89. The maximum Gasteiger partial charge on any atom is 0.188 e. The first-order valence-corrected chi connectivity index (χ1v) is 4.72. The van der Waals surface area contributed by atoms with E-state index in [0.717, 1.165) is 26.0 Å². The summed E-state index contributed by atoms with van der Waals surface area (Å²) >= 11 is 0. The van der Waals surface area contributed by atoms with Gasteiger partial charge in [0.2, 0.25) is 0 Å². The van der Waals surface area contributed by atoms with Crippen LogP contribution >= 0.6 is 0 Å². The first kappa shape index (κ1) is 12.2. The lowest BCUT2D eigenvalue weighted by atomic mass is 10.3. The van der Waals surface area contributed by atoms with Crippen molar-refractivity contribution in [2.45, 2.75) is 32.7 Å². The van der Waals surface area contributed by atoms with Crippen LogP contribution in [0.1, 0.15) is 26.7 Å². The molecule has 4 heteroatoms. The topological polar surface area (TPSA) is 59.6 Å². The zero-order valence-corrected chi connectivity index (χ0v) is 8.84. The van der Waals surface area contributed by atoms with Crippen LogP contribution in [0.4, 0.5) is 0 Å². The van der Waals surface area contributed by atoms with Crippen molar-refractivity contribution >= 4 is 5.96 Å². The molecule has 0 amide bonds. The van der Waals surface area contributed by atoms with E-state index < -0.39 is 0 Å². The average molecular weight is 187 g/mol. The molecule has 0 heterocycles. The van der Waals surface area contributed by atoms with Gasteiger partial charge in [-0.25, -0.2) is 0 Å². The molecule has 0 aliphatic carbocycles. The van der Waals surface area contributed by atoms with Gasteiger partial charge in [-0.15, -0.1) is 0 Å². The van der Waals surface area contributed by atoms with Crippen molar-refractivity contribution in [2.75, 3.05) is 20.3 Å². The molecule has 0 aromatic carbocycles. The fourth-order valence-electron chi connectivity index (χ4n) is 0.899. The molecule has 0 radical (unpaired) electrons. The van der Waals surface area contributed by atoms with Crippen LogP contribution in [0.2, 0.25) is 0 Å². The van der Waals surface area contributed by atoms with Crippen molar-refractivity contribution in [1.29, 1.82) is 0 Å². The van der Waals surface area contributed by atoms with E-state index in [-0.39, 0.29) is 0 Å². The van der Waals surface area contributed by atoms with Crippen molar-refractivity contribution in [3.8, 4) is 0 Å². The Hall–Kier alpha value is -0.770. The van der Waals surface area contributed by atoms with Gasteiger partial charge in [0.25, 0.3) is 0 Å². The number of nitrogens with zero attached hydrogens (tertiary/aromatic N) is 1. The molecule has 0 unspecified atom stereocenters. The van der Waals surface area contributed by atoms with E-state index in [9.17, 15) is 0 Å². The molecule has 0 bridgehead atoms. The molecule has 0 aromatic rings. The predicted molar refractivity (Wildman–Crippen MR) is 55.9 cm³/mol. The van der Waals surface area contributed by atoms with Crippen molar-refractivity contribution in [3.05, 3.63) is 0 Å². The van der Waals surface area contributed by atoms with Crippen molar-refractivity contribution in [1.82, 2.24) is 5.32 Å². The second kappa shape index (κ2) is 7.86. The fraction of sp³-hybridized carbons (Fsp3) is 0.889. The summed E-state index contributed by atoms with van der Waals surface area (Å²) in [5, 5.41) is 3.03. The Morgan fingerprint density at radius 2 is 2.15 bits per heavy atom. The standard InChI is InChI=1S/C9H21N3O/c1-8(2)12-9(10)11-6-4-5-7-13-3/h8H,4-7H2,1-3H3,(H3,10,11,12). The van der Waals surface area contributed by atoms with Crippen molar-refractivity contribution in [2.24, 2.45) is 10.7 Å². The molecule has 0 rings (SSSR count). The van der Waals surface area contributed by atoms with Crippen molar-refractivity contribution < 1.29 is 4.74 Å². The number of nitrogens with two attached hydrogens (primary N) is 1. The Kier molecular flexibility index (Phi) is 7.39. The minimum atomic E-state index is 0.350. The summed E-state index contributed by atoms with van der Waals surface area (Å²) in [6, 6.07) is 0.350. The van der Waals surface area contributed by atoms with Gasteiger partial charge in [-0.1, -0.05) is 0 Å². The van der Waals surface area contributed by atoms with E-state index in [1.54, 1.807) is 7.11 Å². The molecule has 0 spiro atoms. The van der Waals surface area contributed by atoms with Crippen LogP contribution in [0, 0.1) is 0 Å². The van der Waals surface area contributed by atoms with Crippen LogP contribution in [0.25, 0.3) is 0 Å². The zero-order valence-electron chi connectivity index (χ0n) is 8.84. The maximum absolute atomic E-state index is 5.60. The Balaban J connectivity index is 3.36. The summed E-state index contributed by atoms with van der Waals surface area (Å²) in [4.78, 5) is 4.16. The van der Waals surface area contributed by atoms with E-state index in [1.807, 2.05) is 13.8 Å². The lowest BCUT2D eigenvalue weighted by molar-refractivity contribution is 0.193. The molecule has 4 nitrogen and oxygen atoms in total. The highest BCUT2D eigenvalue weighted by atomic mass is 16.5. The van der Waals surface area contributed by atoms with Crippen LogP contribution < -0.4 is 11.1 Å². The van der Waals surface area contributed by atoms with Crippen LogP contribution in [0.15, 0.2) is 4.99 Å². The third-order valence-corrected chi connectivity index (χ3v) is 1.48. The van der Waals surface area contributed by atoms with Gasteiger partial charge in [0.15, 0.2) is 5.96 Å². The normalized spacial score (nSPS) is 12.2. The lowest BCUT2D eigenvalue weighted by Crippen LogP contribution is -2.36. The molecule has 0 fully saturated rings. The number of aliphatic imine (C=N–C) groups is 1. The minimum absolute atomic E-state index is 0.350. The van der Waals surface area contributed by atoms with Gasteiger partial charge in [0.1, 0.15) is 0 Å². The summed E-state index contributed by atoms with van der Waals surface area (Å²) < 4.78 is 4.92. The van der Waals surface area contributed by atoms with Gasteiger partial charge < -0.3 is 15.8 Å². The molecule has 13 heavy (non-hydrogen) atoms. The number of unbranched alkanes of at least 4 members (excludes halogenated alkanes) is 1. The molecule has 0 aliphatic heterocycles. The summed E-state index contributed by atoms with van der Waals surface area (Å²) in [5.74, 6) is 0.535. The van der Waals surface area contributed by atoms with Crippen LogP contribution in [0.3, 0.4) is 0 Å². The van der Waals surface area contributed by atoms with Crippen LogP contribution in [-0.2, 0) is 4.74 Å². The second-order valence-electron chi connectivity index (χ2n) is 3.27. The molecule has 0 saturated carbocycles. The van der Waals surface area contributed by atoms with Gasteiger partial charge >= 0.3 is 0 Å². The quantitative estimate of drug-likeness (QED) is 0.366. The molecule has 0 aliphatic rings. The first-order chi connectivity index (χ1) is 6.16. The van der Waals surface area contributed by atoms with Gasteiger partial charge in [-0.2, -0.15) is 0 Å². The van der Waals surface area contributed by atoms with Crippen molar-refractivity contribution in [3.63, 3.8) is 0 Å². The van der Waals surface area contributed by atoms with Gasteiger partial charge in [-0.3, -0.25) is 4.99 Å². The van der Waals surface area contributed by atoms with Gasteiger partial charge in [0.05, 0.1) is 0 Å². The second-order valence-corrected chi connectivity index (χ2v) is 3.27. The summed E-state index contributed by atoms with van der Waals surface area (Å²) in [5.41, 5.74) is 5.60. The number of guanidine groups is 1. The van der Waals surface area contributed by atoms with Gasteiger partial charge in [-0.05, 0) is 26.7 Å².